The highest BCUT2D eigenvalue weighted by molar-refractivity contribution is 7.19. The van der Waals surface area contributed by atoms with Crippen LogP contribution < -0.4 is 5.56 Å². The molecule has 1 aliphatic heterocycles. The van der Waals surface area contributed by atoms with E-state index in [9.17, 15) is 9.59 Å². The number of hydrogen-bond donors (Lipinski definition) is 0. The molecule has 2 aromatic rings. The van der Waals surface area contributed by atoms with Crippen molar-refractivity contribution in [2.75, 3.05) is 13.1 Å². The third-order valence-electron chi connectivity index (χ3n) is 4.84. The number of hydrogen-bond acceptors (Lipinski definition) is 3. The van der Waals surface area contributed by atoms with Gasteiger partial charge in [0.15, 0.2) is 0 Å². The predicted molar refractivity (Wildman–Crippen MR) is 100.0 cm³/mol. The molecular formula is C19H26N2O2S. The number of likely N-dealkylation sites (tertiary alicyclic amines) is 1. The Labute approximate surface area is 147 Å². The molecule has 0 aromatic carbocycles. The van der Waals surface area contributed by atoms with Crippen molar-refractivity contribution in [3.05, 3.63) is 33.1 Å². The van der Waals surface area contributed by atoms with Gasteiger partial charge in [-0.15, -0.1) is 11.3 Å². The summed E-state index contributed by atoms with van der Waals surface area (Å²) in [7, 11) is 0. The Morgan fingerprint density at radius 3 is 2.62 bits per heavy atom. The Balaban J connectivity index is 2.05. The summed E-state index contributed by atoms with van der Waals surface area (Å²) in [5.74, 6) is 1.10. The number of carbonyl (C=O) groups is 1. The van der Waals surface area contributed by atoms with E-state index in [1.807, 2.05) is 24.1 Å². The monoisotopic (exact) mass is 346 g/mol. The first kappa shape index (κ1) is 17.2. The molecule has 0 aliphatic carbocycles. The van der Waals surface area contributed by atoms with E-state index in [1.165, 1.54) is 0 Å². The van der Waals surface area contributed by atoms with Crippen molar-refractivity contribution in [3.8, 4) is 0 Å². The van der Waals surface area contributed by atoms with Crippen LogP contribution in [0, 0.1) is 18.8 Å². The molecule has 1 saturated heterocycles. The van der Waals surface area contributed by atoms with Gasteiger partial charge in [0.25, 0.3) is 11.5 Å². The molecule has 0 unspecified atom stereocenters. The number of thiophene rings is 1. The van der Waals surface area contributed by atoms with Crippen molar-refractivity contribution in [2.45, 2.75) is 47.1 Å². The number of carbonyl (C=O) groups excluding carboxylic acids is 1. The summed E-state index contributed by atoms with van der Waals surface area (Å²) in [6, 6.07) is 1.98. The van der Waals surface area contributed by atoms with Crippen molar-refractivity contribution in [1.82, 2.24) is 9.47 Å². The third kappa shape index (κ3) is 3.14. The van der Waals surface area contributed by atoms with Gasteiger partial charge in [0.1, 0.15) is 0 Å². The number of pyridine rings is 1. The van der Waals surface area contributed by atoms with Crippen molar-refractivity contribution in [3.63, 3.8) is 0 Å². The number of amides is 1. The summed E-state index contributed by atoms with van der Waals surface area (Å²) >= 11 is 1.55. The normalized spacial score (nSPS) is 16.3. The minimum absolute atomic E-state index is 0.0284. The molecule has 0 bridgehead atoms. The number of piperidine rings is 1. The predicted octanol–water partition coefficient (Wildman–Crippen LogP) is 3.90. The highest BCUT2D eigenvalue weighted by Crippen LogP contribution is 2.30. The second-order valence-electron chi connectivity index (χ2n) is 7.41. The first-order valence-corrected chi connectivity index (χ1v) is 9.62. The Hall–Kier alpha value is -1.62. The van der Waals surface area contributed by atoms with Crippen LogP contribution in [0.1, 0.15) is 48.8 Å². The Kier molecular flexibility index (Phi) is 4.81. The molecule has 0 radical (unpaired) electrons. The van der Waals surface area contributed by atoms with Crippen LogP contribution in [0.4, 0.5) is 0 Å². The molecule has 0 atom stereocenters. The fourth-order valence-corrected chi connectivity index (χ4v) is 4.47. The maximum Gasteiger partial charge on any atom is 0.260 e. The molecule has 4 nitrogen and oxygen atoms in total. The van der Waals surface area contributed by atoms with Crippen molar-refractivity contribution in [1.29, 1.82) is 0 Å². The lowest BCUT2D eigenvalue weighted by Gasteiger charge is -2.30. The smallest absolute Gasteiger partial charge is 0.260 e. The van der Waals surface area contributed by atoms with Crippen LogP contribution in [0.25, 0.3) is 10.1 Å². The molecule has 130 valence electrons. The summed E-state index contributed by atoms with van der Waals surface area (Å²) in [5.41, 5.74) is 0.604. The van der Waals surface area contributed by atoms with E-state index in [4.69, 9.17) is 0 Å². The number of aromatic nitrogens is 1. The van der Waals surface area contributed by atoms with Crippen LogP contribution in [-0.4, -0.2) is 28.5 Å². The fraction of sp³-hybridized carbons (Fsp3) is 0.579. The van der Waals surface area contributed by atoms with Crippen molar-refractivity contribution >= 4 is 27.3 Å². The van der Waals surface area contributed by atoms with Crippen LogP contribution in [-0.2, 0) is 6.54 Å². The first-order valence-electron chi connectivity index (χ1n) is 8.80. The molecule has 1 aliphatic rings. The van der Waals surface area contributed by atoms with E-state index in [0.717, 1.165) is 35.5 Å². The van der Waals surface area contributed by atoms with Gasteiger partial charge >= 0.3 is 0 Å². The quantitative estimate of drug-likeness (QED) is 0.846. The lowest BCUT2D eigenvalue weighted by atomic mass is 9.98. The van der Waals surface area contributed by atoms with Gasteiger partial charge in [0.05, 0.1) is 10.9 Å². The molecule has 2 aromatic heterocycles. The standard InChI is InChI=1S/C19H26N2O2S/c1-12(2)11-21-10-7-15-17(19(21)23)16(14(4)24-15)18(22)20-8-5-13(3)6-9-20/h7,10,12-13H,5-6,8-9,11H2,1-4H3. The Morgan fingerprint density at radius 2 is 2.00 bits per heavy atom. The number of nitrogens with zero attached hydrogens (tertiary/aromatic N) is 2. The highest BCUT2D eigenvalue weighted by atomic mass is 32.1. The third-order valence-corrected chi connectivity index (χ3v) is 5.91. The lowest BCUT2D eigenvalue weighted by molar-refractivity contribution is 0.0699. The summed E-state index contributed by atoms with van der Waals surface area (Å²) in [6.45, 7) is 10.6. The highest BCUT2D eigenvalue weighted by Gasteiger charge is 2.27. The van der Waals surface area contributed by atoms with Gasteiger partial charge in [0, 0.05) is 35.4 Å². The second kappa shape index (κ2) is 6.71. The summed E-state index contributed by atoms with van der Waals surface area (Å²) in [6.07, 6.45) is 3.95. The Bertz CT molecular complexity index is 811. The zero-order valence-corrected chi connectivity index (χ0v) is 15.8. The SMILES string of the molecule is Cc1sc2ccn(CC(C)C)c(=O)c2c1C(=O)N1CCC(C)CC1. The first-order chi connectivity index (χ1) is 11.4. The zero-order valence-electron chi connectivity index (χ0n) is 15.0. The molecule has 5 heteroatoms. The second-order valence-corrected chi connectivity index (χ2v) is 8.67. The van der Waals surface area contributed by atoms with E-state index < -0.39 is 0 Å². The molecule has 0 saturated carbocycles. The summed E-state index contributed by atoms with van der Waals surface area (Å²) in [4.78, 5) is 28.9. The number of rotatable bonds is 3. The molecule has 24 heavy (non-hydrogen) atoms. The van der Waals surface area contributed by atoms with Gasteiger partial charge < -0.3 is 9.47 Å². The maximum absolute atomic E-state index is 13.1. The van der Waals surface area contributed by atoms with E-state index in [-0.39, 0.29) is 11.5 Å². The zero-order chi connectivity index (χ0) is 17.4. The topological polar surface area (TPSA) is 42.3 Å². The van der Waals surface area contributed by atoms with Gasteiger partial charge in [-0.2, -0.15) is 0 Å². The van der Waals surface area contributed by atoms with E-state index >= 15 is 0 Å². The van der Waals surface area contributed by atoms with Crippen LogP contribution in [0.2, 0.25) is 0 Å². The van der Waals surface area contributed by atoms with Gasteiger partial charge in [-0.25, -0.2) is 0 Å². The van der Waals surface area contributed by atoms with Crippen molar-refractivity contribution < 1.29 is 4.79 Å². The van der Waals surface area contributed by atoms with E-state index in [2.05, 4.69) is 20.8 Å². The molecule has 1 amide bonds. The Morgan fingerprint density at radius 1 is 1.33 bits per heavy atom. The van der Waals surface area contributed by atoms with Gasteiger partial charge in [-0.05, 0) is 37.7 Å². The average molecular weight is 346 g/mol. The fourth-order valence-electron chi connectivity index (χ4n) is 3.43. The van der Waals surface area contributed by atoms with Gasteiger partial charge in [-0.1, -0.05) is 20.8 Å². The van der Waals surface area contributed by atoms with Crippen LogP contribution in [0.3, 0.4) is 0 Å². The minimum Gasteiger partial charge on any atom is -0.339 e. The van der Waals surface area contributed by atoms with Gasteiger partial charge in [-0.3, -0.25) is 9.59 Å². The van der Waals surface area contributed by atoms with Crippen LogP contribution in [0.15, 0.2) is 17.1 Å². The van der Waals surface area contributed by atoms with Gasteiger partial charge in [0.2, 0.25) is 0 Å². The maximum atomic E-state index is 13.1. The van der Waals surface area contributed by atoms with Crippen LogP contribution >= 0.6 is 11.3 Å². The van der Waals surface area contributed by atoms with E-state index in [0.29, 0.717) is 29.3 Å². The average Bonchev–Trinajstić information content (AvgIpc) is 2.87. The van der Waals surface area contributed by atoms with Crippen LogP contribution in [0.5, 0.6) is 0 Å². The molecule has 0 N–H and O–H groups in total. The lowest BCUT2D eigenvalue weighted by Crippen LogP contribution is -2.38. The molecule has 3 heterocycles. The largest absolute Gasteiger partial charge is 0.339 e. The molecular weight excluding hydrogens is 320 g/mol. The molecule has 1 fully saturated rings. The summed E-state index contributed by atoms with van der Waals surface area (Å²) in [5, 5.41) is 0.615. The summed E-state index contributed by atoms with van der Waals surface area (Å²) < 4.78 is 2.67. The van der Waals surface area contributed by atoms with Crippen molar-refractivity contribution in [2.24, 2.45) is 11.8 Å². The molecule has 0 spiro atoms. The number of aryl methyl sites for hydroxylation is 1. The molecule has 3 rings (SSSR count). The minimum atomic E-state index is -0.0284. The number of fused-ring (bicyclic) bond motifs is 1. The van der Waals surface area contributed by atoms with E-state index in [1.54, 1.807) is 15.9 Å².